The molecule has 1 N–H and O–H groups in total. The van der Waals surface area contributed by atoms with E-state index in [2.05, 4.69) is 4.72 Å². The largest absolute Gasteiger partial charge is 0.468 e. The van der Waals surface area contributed by atoms with Gasteiger partial charge in [0.05, 0.1) is 23.3 Å². The highest BCUT2D eigenvalue weighted by atomic mass is 32.2. The maximum Gasteiger partial charge on any atom is 0.416 e. The van der Waals surface area contributed by atoms with Gasteiger partial charge in [-0.1, -0.05) is 0 Å². The Morgan fingerprint density at radius 2 is 1.75 bits per heavy atom. The Bertz CT molecular complexity index is 661. The number of halogens is 3. The van der Waals surface area contributed by atoms with Gasteiger partial charge in [-0.05, 0) is 36.4 Å². The lowest BCUT2D eigenvalue weighted by Crippen LogP contribution is -2.23. The molecule has 0 aliphatic rings. The lowest BCUT2D eigenvalue weighted by Gasteiger charge is -2.08. The van der Waals surface area contributed by atoms with Crippen LogP contribution < -0.4 is 4.72 Å². The number of nitrogens with one attached hydrogen (secondary N) is 1. The number of hydrogen-bond donors (Lipinski definition) is 1. The highest BCUT2D eigenvalue weighted by Gasteiger charge is 2.30. The van der Waals surface area contributed by atoms with E-state index in [1.165, 1.54) is 6.26 Å². The first kappa shape index (κ1) is 14.6. The van der Waals surface area contributed by atoms with Crippen LogP contribution >= 0.6 is 0 Å². The van der Waals surface area contributed by atoms with Crippen molar-refractivity contribution in [2.24, 2.45) is 0 Å². The number of sulfonamides is 1. The van der Waals surface area contributed by atoms with Crippen LogP contribution in [-0.4, -0.2) is 8.42 Å². The van der Waals surface area contributed by atoms with E-state index in [-0.39, 0.29) is 11.4 Å². The van der Waals surface area contributed by atoms with Crippen molar-refractivity contribution in [3.63, 3.8) is 0 Å². The van der Waals surface area contributed by atoms with Crippen LogP contribution in [0.15, 0.2) is 52.0 Å². The minimum Gasteiger partial charge on any atom is -0.468 e. The van der Waals surface area contributed by atoms with E-state index in [9.17, 15) is 21.6 Å². The van der Waals surface area contributed by atoms with Crippen LogP contribution in [0.3, 0.4) is 0 Å². The summed E-state index contributed by atoms with van der Waals surface area (Å²) < 4.78 is 68.0. The summed E-state index contributed by atoms with van der Waals surface area (Å²) in [6.45, 7) is -0.0731. The van der Waals surface area contributed by atoms with Crippen molar-refractivity contribution in [1.29, 1.82) is 0 Å². The summed E-state index contributed by atoms with van der Waals surface area (Å²) in [6, 6.07) is 6.44. The zero-order valence-corrected chi connectivity index (χ0v) is 10.8. The molecule has 0 amide bonds. The zero-order chi connectivity index (χ0) is 14.8. The Balaban J connectivity index is 2.13. The monoisotopic (exact) mass is 305 g/mol. The lowest BCUT2D eigenvalue weighted by molar-refractivity contribution is -0.137. The predicted octanol–water partition coefficient (Wildman–Crippen LogP) is 2.78. The summed E-state index contributed by atoms with van der Waals surface area (Å²) in [6.07, 6.45) is -3.11. The number of alkyl halides is 3. The highest BCUT2D eigenvalue weighted by molar-refractivity contribution is 7.89. The van der Waals surface area contributed by atoms with Crippen LogP contribution in [0.4, 0.5) is 13.2 Å². The third-order valence-corrected chi connectivity index (χ3v) is 3.93. The van der Waals surface area contributed by atoms with Crippen molar-refractivity contribution >= 4 is 10.0 Å². The average molecular weight is 305 g/mol. The van der Waals surface area contributed by atoms with E-state index in [1.807, 2.05) is 0 Å². The molecule has 0 saturated carbocycles. The van der Waals surface area contributed by atoms with E-state index in [1.54, 1.807) is 12.1 Å². The van der Waals surface area contributed by atoms with Gasteiger partial charge in [0.1, 0.15) is 5.76 Å². The molecule has 108 valence electrons. The van der Waals surface area contributed by atoms with Crippen LogP contribution in [0.2, 0.25) is 0 Å². The highest BCUT2D eigenvalue weighted by Crippen LogP contribution is 2.29. The Hall–Kier alpha value is -1.80. The fraction of sp³-hybridized carbons (Fsp3) is 0.167. The summed E-state index contributed by atoms with van der Waals surface area (Å²) in [7, 11) is -3.88. The Kier molecular flexibility index (Phi) is 3.87. The van der Waals surface area contributed by atoms with Crippen molar-refractivity contribution in [2.75, 3.05) is 0 Å². The van der Waals surface area contributed by atoms with Crippen molar-refractivity contribution in [3.05, 3.63) is 54.0 Å². The maximum absolute atomic E-state index is 12.4. The molecule has 0 bridgehead atoms. The second-order valence-electron chi connectivity index (χ2n) is 3.93. The molecule has 2 aromatic rings. The molecule has 1 heterocycles. The first-order valence-corrected chi connectivity index (χ1v) is 6.97. The molecule has 0 aliphatic heterocycles. The van der Waals surface area contributed by atoms with E-state index in [4.69, 9.17) is 4.42 Å². The molecular weight excluding hydrogens is 295 g/mol. The van der Waals surface area contributed by atoms with Gasteiger partial charge in [0.15, 0.2) is 0 Å². The van der Waals surface area contributed by atoms with Gasteiger partial charge in [-0.3, -0.25) is 0 Å². The molecule has 2 rings (SSSR count). The standard InChI is InChI=1S/C12H10F3NO3S/c13-12(14,15)9-3-5-11(6-4-9)20(17,18)16-8-10-2-1-7-19-10/h1-7,16H,8H2. The second kappa shape index (κ2) is 5.29. The molecule has 8 heteroatoms. The Morgan fingerprint density at radius 3 is 2.25 bits per heavy atom. The van der Waals surface area contributed by atoms with Crippen LogP contribution in [0.1, 0.15) is 11.3 Å². The van der Waals surface area contributed by atoms with Gasteiger partial charge in [0.25, 0.3) is 0 Å². The van der Waals surface area contributed by atoms with Crippen LogP contribution in [-0.2, 0) is 22.7 Å². The number of furan rings is 1. The summed E-state index contributed by atoms with van der Waals surface area (Å²) in [5.74, 6) is 0.403. The first-order chi connectivity index (χ1) is 9.29. The zero-order valence-electron chi connectivity index (χ0n) is 10.0. The molecule has 4 nitrogen and oxygen atoms in total. The molecule has 0 radical (unpaired) electrons. The minimum absolute atomic E-state index is 0.0731. The molecular formula is C12H10F3NO3S. The average Bonchev–Trinajstić information content (AvgIpc) is 2.89. The minimum atomic E-state index is -4.50. The number of benzene rings is 1. The van der Waals surface area contributed by atoms with Gasteiger partial charge in [0.2, 0.25) is 10.0 Å². The summed E-state index contributed by atoms with van der Waals surface area (Å²) in [4.78, 5) is -0.239. The van der Waals surface area contributed by atoms with E-state index >= 15 is 0 Å². The van der Waals surface area contributed by atoms with Crippen molar-refractivity contribution in [2.45, 2.75) is 17.6 Å². The van der Waals surface area contributed by atoms with Crippen LogP contribution in [0.25, 0.3) is 0 Å². The Labute approximate surface area is 113 Å². The van der Waals surface area contributed by atoms with Crippen molar-refractivity contribution in [3.8, 4) is 0 Å². The number of hydrogen-bond acceptors (Lipinski definition) is 3. The normalized spacial score (nSPS) is 12.6. The Morgan fingerprint density at radius 1 is 1.10 bits per heavy atom. The fourth-order valence-electron chi connectivity index (χ4n) is 1.49. The smallest absolute Gasteiger partial charge is 0.416 e. The predicted molar refractivity (Wildman–Crippen MR) is 64.2 cm³/mol. The van der Waals surface area contributed by atoms with Crippen LogP contribution in [0.5, 0.6) is 0 Å². The van der Waals surface area contributed by atoms with Gasteiger partial charge >= 0.3 is 6.18 Å². The molecule has 1 aromatic carbocycles. The number of rotatable bonds is 4. The van der Waals surface area contributed by atoms with Gasteiger partial charge in [-0.2, -0.15) is 13.2 Å². The topological polar surface area (TPSA) is 59.3 Å². The molecule has 0 saturated heterocycles. The van der Waals surface area contributed by atoms with Gasteiger partial charge < -0.3 is 4.42 Å². The molecule has 0 aliphatic carbocycles. The van der Waals surface area contributed by atoms with Crippen molar-refractivity contribution in [1.82, 2.24) is 4.72 Å². The SMILES string of the molecule is O=S(=O)(NCc1ccco1)c1ccc(C(F)(F)F)cc1. The van der Waals surface area contributed by atoms with Gasteiger partial charge in [-0.15, -0.1) is 0 Å². The molecule has 20 heavy (non-hydrogen) atoms. The molecule has 0 atom stereocenters. The molecule has 0 spiro atoms. The summed E-state index contributed by atoms with van der Waals surface area (Å²) >= 11 is 0. The van der Waals surface area contributed by atoms with E-state index < -0.39 is 21.8 Å². The third-order valence-electron chi connectivity index (χ3n) is 2.51. The summed E-state index contributed by atoms with van der Waals surface area (Å²) in [5, 5.41) is 0. The van der Waals surface area contributed by atoms with E-state index in [0.717, 1.165) is 24.3 Å². The lowest BCUT2D eigenvalue weighted by atomic mass is 10.2. The van der Waals surface area contributed by atoms with Gasteiger partial charge in [-0.25, -0.2) is 13.1 Å². The molecule has 1 aromatic heterocycles. The second-order valence-corrected chi connectivity index (χ2v) is 5.69. The fourth-order valence-corrected chi connectivity index (χ4v) is 2.48. The molecule has 0 unspecified atom stereocenters. The quantitative estimate of drug-likeness (QED) is 0.945. The maximum atomic E-state index is 12.4. The molecule has 0 fully saturated rings. The van der Waals surface area contributed by atoms with Crippen molar-refractivity contribution < 1.29 is 26.0 Å². The third kappa shape index (κ3) is 3.40. The van der Waals surface area contributed by atoms with Crippen LogP contribution in [0, 0.1) is 0 Å². The van der Waals surface area contributed by atoms with Gasteiger partial charge in [0, 0.05) is 0 Å². The first-order valence-electron chi connectivity index (χ1n) is 5.48. The van der Waals surface area contributed by atoms with E-state index in [0.29, 0.717) is 5.76 Å². The summed E-state index contributed by atoms with van der Waals surface area (Å²) in [5.41, 5.74) is -0.900.